The van der Waals surface area contributed by atoms with Crippen LogP contribution in [0.5, 0.6) is 0 Å². The Hall–Kier alpha value is -0.710. The molecular formula is C13H9Br2FO. The van der Waals surface area contributed by atoms with Crippen LogP contribution in [0, 0.1) is 5.82 Å². The summed E-state index contributed by atoms with van der Waals surface area (Å²) in [7, 11) is 0. The Balaban J connectivity index is 2.36. The Kier molecular flexibility index (Phi) is 3.97. The van der Waals surface area contributed by atoms with Crippen molar-refractivity contribution in [2.75, 3.05) is 0 Å². The predicted molar refractivity (Wildman–Crippen MR) is 72.3 cm³/mol. The summed E-state index contributed by atoms with van der Waals surface area (Å²) in [5, 5.41) is 10.1. The highest BCUT2D eigenvalue weighted by Crippen LogP contribution is 2.26. The van der Waals surface area contributed by atoms with Crippen LogP contribution in [0.1, 0.15) is 17.2 Å². The van der Waals surface area contributed by atoms with Gasteiger partial charge in [0.1, 0.15) is 11.9 Å². The standard InChI is InChI=1S/C13H9Br2FO/c14-10-3-1-8(2-4-10)13(17)9-5-11(15)7-12(16)6-9/h1-7,13,17H. The van der Waals surface area contributed by atoms with Gasteiger partial charge in [0.05, 0.1) is 0 Å². The van der Waals surface area contributed by atoms with Gasteiger partial charge in [-0.1, -0.05) is 44.0 Å². The third kappa shape index (κ3) is 3.15. The molecule has 0 spiro atoms. The maximum absolute atomic E-state index is 13.2. The Morgan fingerprint density at radius 1 is 0.882 bits per heavy atom. The van der Waals surface area contributed by atoms with E-state index in [4.69, 9.17) is 0 Å². The van der Waals surface area contributed by atoms with E-state index in [9.17, 15) is 9.50 Å². The smallest absolute Gasteiger partial charge is 0.124 e. The molecule has 1 nitrogen and oxygen atoms in total. The molecule has 2 aromatic rings. The molecular weight excluding hydrogens is 351 g/mol. The van der Waals surface area contributed by atoms with E-state index in [0.29, 0.717) is 10.0 Å². The zero-order chi connectivity index (χ0) is 12.4. The quantitative estimate of drug-likeness (QED) is 0.840. The van der Waals surface area contributed by atoms with Gasteiger partial charge in [0.25, 0.3) is 0 Å². The molecule has 0 aromatic heterocycles. The summed E-state index contributed by atoms with van der Waals surface area (Å²) >= 11 is 6.53. The molecule has 0 saturated carbocycles. The fraction of sp³-hybridized carbons (Fsp3) is 0.0769. The van der Waals surface area contributed by atoms with Crippen molar-refractivity contribution in [2.24, 2.45) is 0 Å². The lowest BCUT2D eigenvalue weighted by Crippen LogP contribution is -2.00. The molecule has 0 fully saturated rings. The Morgan fingerprint density at radius 2 is 1.53 bits per heavy atom. The average Bonchev–Trinajstić information content (AvgIpc) is 2.28. The minimum Gasteiger partial charge on any atom is -0.384 e. The van der Waals surface area contributed by atoms with Gasteiger partial charge >= 0.3 is 0 Å². The van der Waals surface area contributed by atoms with Crippen LogP contribution in [-0.2, 0) is 0 Å². The number of benzene rings is 2. The summed E-state index contributed by atoms with van der Waals surface area (Å²) in [4.78, 5) is 0. The highest BCUT2D eigenvalue weighted by atomic mass is 79.9. The average molecular weight is 360 g/mol. The van der Waals surface area contributed by atoms with Gasteiger partial charge in [0.2, 0.25) is 0 Å². The van der Waals surface area contributed by atoms with E-state index >= 15 is 0 Å². The molecule has 88 valence electrons. The molecule has 0 bridgehead atoms. The zero-order valence-corrected chi connectivity index (χ0v) is 11.9. The first-order valence-electron chi connectivity index (χ1n) is 4.96. The van der Waals surface area contributed by atoms with Crippen molar-refractivity contribution in [1.82, 2.24) is 0 Å². The molecule has 0 aliphatic carbocycles. The molecule has 0 aliphatic heterocycles. The van der Waals surface area contributed by atoms with Crippen LogP contribution >= 0.6 is 31.9 Å². The summed E-state index contributed by atoms with van der Waals surface area (Å²) in [6.07, 6.45) is -0.824. The van der Waals surface area contributed by atoms with Crippen LogP contribution in [0.3, 0.4) is 0 Å². The van der Waals surface area contributed by atoms with Crippen LogP contribution in [-0.4, -0.2) is 5.11 Å². The summed E-state index contributed by atoms with van der Waals surface area (Å²) < 4.78 is 14.8. The summed E-state index contributed by atoms with van der Waals surface area (Å²) in [6.45, 7) is 0. The molecule has 1 unspecified atom stereocenters. The topological polar surface area (TPSA) is 20.2 Å². The van der Waals surface area contributed by atoms with Crippen LogP contribution in [0.2, 0.25) is 0 Å². The first kappa shape index (κ1) is 12.7. The Labute approximate surface area is 116 Å². The minimum atomic E-state index is -0.824. The van der Waals surface area contributed by atoms with E-state index in [2.05, 4.69) is 31.9 Å². The highest BCUT2D eigenvalue weighted by molar-refractivity contribution is 9.10. The van der Waals surface area contributed by atoms with Crippen molar-refractivity contribution >= 4 is 31.9 Å². The van der Waals surface area contributed by atoms with E-state index in [1.807, 2.05) is 12.1 Å². The van der Waals surface area contributed by atoms with Gasteiger partial charge < -0.3 is 5.11 Å². The second-order valence-electron chi connectivity index (χ2n) is 3.66. The molecule has 17 heavy (non-hydrogen) atoms. The molecule has 0 radical (unpaired) electrons. The fourth-order valence-electron chi connectivity index (χ4n) is 1.57. The number of aliphatic hydroxyl groups is 1. The number of aliphatic hydroxyl groups excluding tert-OH is 1. The molecule has 4 heteroatoms. The molecule has 0 heterocycles. The molecule has 2 rings (SSSR count). The first-order valence-corrected chi connectivity index (χ1v) is 6.54. The van der Waals surface area contributed by atoms with Crippen molar-refractivity contribution in [1.29, 1.82) is 0 Å². The van der Waals surface area contributed by atoms with E-state index in [1.54, 1.807) is 18.2 Å². The SMILES string of the molecule is OC(c1ccc(Br)cc1)c1cc(F)cc(Br)c1. The fourth-order valence-corrected chi connectivity index (χ4v) is 2.32. The maximum Gasteiger partial charge on any atom is 0.124 e. The number of hydrogen-bond donors (Lipinski definition) is 1. The van der Waals surface area contributed by atoms with E-state index in [-0.39, 0.29) is 5.82 Å². The van der Waals surface area contributed by atoms with Gasteiger partial charge in [-0.25, -0.2) is 4.39 Å². The molecule has 0 aliphatic rings. The molecule has 0 amide bonds. The van der Waals surface area contributed by atoms with Gasteiger partial charge in [-0.2, -0.15) is 0 Å². The van der Waals surface area contributed by atoms with Gasteiger partial charge in [0, 0.05) is 8.95 Å². The van der Waals surface area contributed by atoms with E-state index < -0.39 is 6.10 Å². The Bertz CT molecular complexity index is 505. The Morgan fingerprint density at radius 3 is 2.12 bits per heavy atom. The third-order valence-electron chi connectivity index (χ3n) is 2.39. The lowest BCUT2D eigenvalue weighted by molar-refractivity contribution is 0.219. The van der Waals surface area contributed by atoms with Crippen molar-refractivity contribution in [3.63, 3.8) is 0 Å². The molecule has 2 aromatic carbocycles. The van der Waals surface area contributed by atoms with Gasteiger partial charge in [-0.3, -0.25) is 0 Å². The van der Waals surface area contributed by atoms with E-state index in [1.165, 1.54) is 12.1 Å². The monoisotopic (exact) mass is 358 g/mol. The third-order valence-corrected chi connectivity index (χ3v) is 3.37. The number of rotatable bonds is 2. The van der Waals surface area contributed by atoms with Crippen LogP contribution in [0.4, 0.5) is 4.39 Å². The van der Waals surface area contributed by atoms with Crippen molar-refractivity contribution in [3.05, 3.63) is 68.4 Å². The lowest BCUT2D eigenvalue weighted by atomic mass is 10.0. The molecule has 1 atom stereocenters. The van der Waals surface area contributed by atoms with Crippen molar-refractivity contribution in [2.45, 2.75) is 6.10 Å². The normalized spacial score (nSPS) is 12.5. The lowest BCUT2D eigenvalue weighted by Gasteiger charge is -2.12. The van der Waals surface area contributed by atoms with Gasteiger partial charge in [-0.15, -0.1) is 0 Å². The molecule has 0 saturated heterocycles. The van der Waals surface area contributed by atoms with Gasteiger partial charge in [-0.05, 0) is 41.5 Å². The van der Waals surface area contributed by atoms with Gasteiger partial charge in [0.15, 0.2) is 0 Å². The second-order valence-corrected chi connectivity index (χ2v) is 5.49. The highest BCUT2D eigenvalue weighted by Gasteiger charge is 2.12. The summed E-state index contributed by atoms with van der Waals surface area (Å²) in [5.41, 5.74) is 1.25. The van der Waals surface area contributed by atoms with Crippen LogP contribution < -0.4 is 0 Å². The summed E-state index contributed by atoms with van der Waals surface area (Å²) in [5.74, 6) is -0.370. The maximum atomic E-state index is 13.2. The largest absolute Gasteiger partial charge is 0.384 e. The number of halogens is 3. The van der Waals surface area contributed by atoms with Crippen molar-refractivity contribution < 1.29 is 9.50 Å². The van der Waals surface area contributed by atoms with Crippen LogP contribution in [0.15, 0.2) is 51.4 Å². The number of hydrogen-bond acceptors (Lipinski definition) is 1. The second kappa shape index (κ2) is 5.29. The first-order chi connectivity index (χ1) is 8.06. The zero-order valence-electron chi connectivity index (χ0n) is 8.70. The van der Waals surface area contributed by atoms with E-state index in [0.717, 1.165) is 10.0 Å². The van der Waals surface area contributed by atoms with Crippen LogP contribution in [0.25, 0.3) is 0 Å². The predicted octanol–water partition coefficient (Wildman–Crippen LogP) is 4.43. The summed E-state index contributed by atoms with van der Waals surface area (Å²) in [6, 6.07) is 11.7. The minimum absolute atomic E-state index is 0.370. The van der Waals surface area contributed by atoms with Crippen molar-refractivity contribution in [3.8, 4) is 0 Å². The molecule has 1 N–H and O–H groups in total.